The Bertz CT molecular complexity index is 1340. The van der Waals surface area contributed by atoms with Crippen LogP contribution in [-0.4, -0.2) is 30.4 Å². The number of imidazole rings is 1. The summed E-state index contributed by atoms with van der Waals surface area (Å²) in [6.45, 7) is -0.119. The highest BCUT2D eigenvalue weighted by Gasteiger charge is 2.27. The number of nitrogens with zero attached hydrogens (tertiary/aromatic N) is 3. The highest BCUT2D eigenvalue weighted by atomic mass is 79.9. The number of amides is 1. The van der Waals surface area contributed by atoms with Crippen LogP contribution in [-0.2, 0) is 21.4 Å². The van der Waals surface area contributed by atoms with Gasteiger partial charge in [0.2, 0.25) is 5.91 Å². The number of nitrogens with one attached hydrogen (secondary N) is 1. The molecule has 1 amide bonds. The quantitative estimate of drug-likeness (QED) is 0.375. The molecule has 0 bridgehead atoms. The molecule has 168 valence electrons. The zero-order valence-electron chi connectivity index (χ0n) is 17.5. The molecule has 4 aromatic rings. The third-order valence-electron chi connectivity index (χ3n) is 4.96. The van der Waals surface area contributed by atoms with Gasteiger partial charge in [-0.3, -0.25) is 9.10 Å². The summed E-state index contributed by atoms with van der Waals surface area (Å²) in [5.74, 6) is -0.421. The van der Waals surface area contributed by atoms with Crippen LogP contribution >= 0.6 is 15.9 Å². The van der Waals surface area contributed by atoms with Gasteiger partial charge in [0.1, 0.15) is 6.54 Å². The second-order valence-corrected chi connectivity index (χ2v) is 9.96. The van der Waals surface area contributed by atoms with Crippen molar-refractivity contribution in [3.63, 3.8) is 0 Å². The summed E-state index contributed by atoms with van der Waals surface area (Å²) in [4.78, 5) is 17.1. The maximum atomic E-state index is 13.4. The van der Waals surface area contributed by atoms with E-state index < -0.39 is 15.9 Å². The predicted octanol–water partition coefficient (Wildman–Crippen LogP) is 4.15. The van der Waals surface area contributed by atoms with Crippen molar-refractivity contribution in [3.05, 3.63) is 108 Å². The molecule has 4 rings (SSSR count). The monoisotopic (exact) mass is 524 g/mol. The fraction of sp³-hybridized carbons (Fsp3) is 0.0833. The zero-order chi connectivity index (χ0) is 23.3. The van der Waals surface area contributed by atoms with Crippen molar-refractivity contribution in [1.82, 2.24) is 14.9 Å². The van der Waals surface area contributed by atoms with Gasteiger partial charge in [0.15, 0.2) is 0 Å². The summed E-state index contributed by atoms with van der Waals surface area (Å²) in [6.07, 6.45) is 5.18. The second-order valence-electron chi connectivity index (χ2n) is 7.18. The van der Waals surface area contributed by atoms with Crippen molar-refractivity contribution in [3.8, 4) is 5.69 Å². The van der Waals surface area contributed by atoms with E-state index in [0.29, 0.717) is 10.2 Å². The van der Waals surface area contributed by atoms with Crippen LogP contribution in [0.1, 0.15) is 5.56 Å². The summed E-state index contributed by atoms with van der Waals surface area (Å²) in [5.41, 5.74) is 2.15. The molecule has 1 heterocycles. The van der Waals surface area contributed by atoms with Gasteiger partial charge in [-0.2, -0.15) is 0 Å². The number of carbonyl (C=O) groups excluding carboxylic acids is 1. The van der Waals surface area contributed by atoms with Gasteiger partial charge in [-0.25, -0.2) is 13.4 Å². The smallest absolute Gasteiger partial charge is 0.264 e. The normalized spacial score (nSPS) is 11.2. The molecule has 0 radical (unpaired) electrons. The van der Waals surface area contributed by atoms with Crippen molar-refractivity contribution in [1.29, 1.82) is 0 Å². The van der Waals surface area contributed by atoms with E-state index >= 15 is 0 Å². The lowest BCUT2D eigenvalue weighted by Crippen LogP contribution is -2.40. The number of benzene rings is 3. The first-order chi connectivity index (χ1) is 15.9. The van der Waals surface area contributed by atoms with Crippen LogP contribution in [0.15, 0.2) is 107 Å². The molecule has 0 saturated carbocycles. The Kier molecular flexibility index (Phi) is 6.90. The molecule has 7 nitrogen and oxygen atoms in total. The zero-order valence-corrected chi connectivity index (χ0v) is 19.9. The summed E-state index contributed by atoms with van der Waals surface area (Å²) in [6, 6.07) is 22.5. The van der Waals surface area contributed by atoms with Crippen molar-refractivity contribution >= 4 is 37.5 Å². The van der Waals surface area contributed by atoms with E-state index in [1.807, 2.05) is 35.0 Å². The number of hydrogen-bond donors (Lipinski definition) is 1. The molecule has 0 spiro atoms. The van der Waals surface area contributed by atoms with Crippen LogP contribution < -0.4 is 9.62 Å². The number of aromatic nitrogens is 2. The summed E-state index contributed by atoms with van der Waals surface area (Å²) < 4.78 is 30.5. The van der Waals surface area contributed by atoms with Gasteiger partial charge in [-0.15, -0.1) is 0 Å². The lowest BCUT2D eigenvalue weighted by Gasteiger charge is -2.24. The van der Waals surface area contributed by atoms with Crippen molar-refractivity contribution in [2.24, 2.45) is 0 Å². The Balaban J connectivity index is 1.57. The van der Waals surface area contributed by atoms with Crippen LogP contribution in [0.5, 0.6) is 0 Å². The lowest BCUT2D eigenvalue weighted by atomic mass is 10.1. The fourth-order valence-electron chi connectivity index (χ4n) is 3.36. The molecule has 0 fully saturated rings. The van der Waals surface area contributed by atoms with Crippen molar-refractivity contribution in [2.75, 3.05) is 10.8 Å². The molecule has 0 saturated heterocycles. The molecule has 1 N–H and O–H groups in total. The predicted molar refractivity (Wildman–Crippen MR) is 131 cm³/mol. The number of anilines is 1. The minimum Gasteiger partial charge on any atom is -0.350 e. The first-order valence-corrected chi connectivity index (χ1v) is 12.3. The molecule has 0 atom stereocenters. The second kappa shape index (κ2) is 10.0. The molecular weight excluding hydrogens is 504 g/mol. The highest BCUT2D eigenvalue weighted by Crippen LogP contribution is 2.26. The Morgan fingerprint density at radius 1 is 1.00 bits per heavy atom. The third kappa shape index (κ3) is 5.32. The Morgan fingerprint density at radius 3 is 2.48 bits per heavy atom. The Labute approximate surface area is 200 Å². The molecular formula is C24H21BrN4O3S. The topological polar surface area (TPSA) is 84.3 Å². The molecule has 0 unspecified atom stereocenters. The third-order valence-corrected chi connectivity index (χ3v) is 7.25. The van der Waals surface area contributed by atoms with Gasteiger partial charge < -0.3 is 9.88 Å². The van der Waals surface area contributed by atoms with Crippen LogP contribution in [0.2, 0.25) is 0 Å². The number of para-hydroxylation sites is 1. The van der Waals surface area contributed by atoms with E-state index in [9.17, 15) is 13.2 Å². The summed E-state index contributed by atoms with van der Waals surface area (Å²) in [7, 11) is -3.95. The van der Waals surface area contributed by atoms with Gasteiger partial charge >= 0.3 is 0 Å². The minimum absolute atomic E-state index is 0.114. The van der Waals surface area contributed by atoms with Gasteiger partial charge in [0.25, 0.3) is 10.0 Å². The number of carbonyl (C=O) groups is 1. The highest BCUT2D eigenvalue weighted by molar-refractivity contribution is 9.10. The number of sulfonamides is 1. The van der Waals surface area contributed by atoms with Crippen LogP contribution in [0.25, 0.3) is 5.69 Å². The average Bonchev–Trinajstić information content (AvgIpc) is 3.37. The average molecular weight is 525 g/mol. The standard InChI is InChI=1S/C24H21BrN4O3S/c25-20-8-6-9-21(15-20)29(33(31,32)22-10-2-1-3-11-22)17-24(30)27-16-19-7-4-5-12-23(19)28-14-13-26-18-28/h1-15,18H,16-17H2,(H,27,30). The molecule has 0 aliphatic heterocycles. The van der Waals surface area contributed by atoms with Gasteiger partial charge in [0.05, 0.1) is 22.6 Å². The maximum Gasteiger partial charge on any atom is 0.264 e. The van der Waals surface area contributed by atoms with Gasteiger partial charge in [0, 0.05) is 23.4 Å². The van der Waals surface area contributed by atoms with Gasteiger partial charge in [-0.05, 0) is 42.0 Å². The number of hydrogen-bond acceptors (Lipinski definition) is 4. The molecule has 33 heavy (non-hydrogen) atoms. The first-order valence-electron chi connectivity index (χ1n) is 10.1. The van der Waals surface area contributed by atoms with E-state index in [1.54, 1.807) is 55.0 Å². The fourth-order valence-corrected chi connectivity index (χ4v) is 5.18. The van der Waals surface area contributed by atoms with E-state index in [0.717, 1.165) is 15.6 Å². The van der Waals surface area contributed by atoms with Crippen molar-refractivity contribution in [2.45, 2.75) is 11.4 Å². The molecule has 9 heteroatoms. The van der Waals surface area contributed by atoms with E-state index in [2.05, 4.69) is 26.2 Å². The van der Waals surface area contributed by atoms with E-state index in [-0.39, 0.29) is 18.0 Å². The SMILES string of the molecule is O=C(CN(c1cccc(Br)c1)S(=O)(=O)c1ccccc1)NCc1ccccc1-n1ccnc1. The Hall–Kier alpha value is -3.43. The number of rotatable bonds is 8. The van der Waals surface area contributed by atoms with Crippen LogP contribution in [0, 0.1) is 0 Å². The van der Waals surface area contributed by atoms with Gasteiger partial charge in [-0.1, -0.05) is 58.4 Å². The molecule has 1 aromatic heterocycles. The van der Waals surface area contributed by atoms with E-state index in [1.165, 1.54) is 12.1 Å². The molecule has 3 aromatic carbocycles. The van der Waals surface area contributed by atoms with E-state index in [4.69, 9.17) is 0 Å². The Morgan fingerprint density at radius 2 is 1.76 bits per heavy atom. The van der Waals surface area contributed by atoms with Crippen molar-refractivity contribution < 1.29 is 13.2 Å². The number of halogens is 1. The summed E-state index contributed by atoms with van der Waals surface area (Å²) >= 11 is 3.38. The molecule has 0 aliphatic carbocycles. The maximum absolute atomic E-state index is 13.4. The summed E-state index contributed by atoms with van der Waals surface area (Å²) in [5, 5.41) is 2.85. The van der Waals surface area contributed by atoms with Crippen LogP contribution in [0.3, 0.4) is 0 Å². The first kappa shape index (κ1) is 22.8. The molecule has 0 aliphatic rings. The lowest BCUT2D eigenvalue weighted by molar-refractivity contribution is -0.119. The largest absolute Gasteiger partial charge is 0.350 e. The van der Waals surface area contributed by atoms with Crippen LogP contribution in [0.4, 0.5) is 5.69 Å². The minimum atomic E-state index is -3.95.